The van der Waals surface area contributed by atoms with Gasteiger partial charge < -0.3 is 29.6 Å². The lowest BCUT2D eigenvalue weighted by Crippen LogP contribution is -2.31. The number of rotatable bonds is 10. The number of nitrogens with one attached hydrogen (secondary N) is 2. The molecule has 12 heteroatoms. The van der Waals surface area contributed by atoms with E-state index in [0.29, 0.717) is 62.6 Å². The molecule has 1 aromatic heterocycles. The van der Waals surface area contributed by atoms with Gasteiger partial charge in [-0.25, -0.2) is 4.68 Å². The number of carbonyl (C=O) groups excluding carboxylic acids is 1. The van der Waals surface area contributed by atoms with Crippen LogP contribution in [0.25, 0.3) is 0 Å². The molecule has 5 rings (SSSR count). The van der Waals surface area contributed by atoms with E-state index in [1.165, 1.54) is 13.4 Å². The van der Waals surface area contributed by atoms with E-state index in [1.807, 2.05) is 38.1 Å². The van der Waals surface area contributed by atoms with Crippen molar-refractivity contribution < 1.29 is 23.7 Å². The summed E-state index contributed by atoms with van der Waals surface area (Å²) in [6.45, 7) is 4.37. The lowest BCUT2D eigenvalue weighted by molar-refractivity contribution is -0.113. The van der Waals surface area contributed by atoms with E-state index in [-0.39, 0.29) is 12.5 Å². The number of methoxy groups -OCH3 is 2. The van der Waals surface area contributed by atoms with Crippen molar-refractivity contribution >= 4 is 40.7 Å². The molecule has 3 aromatic carbocycles. The van der Waals surface area contributed by atoms with Gasteiger partial charge in [-0.1, -0.05) is 35.3 Å². The van der Waals surface area contributed by atoms with Crippen LogP contribution in [0, 0.1) is 0 Å². The van der Waals surface area contributed by atoms with Gasteiger partial charge in [0.05, 0.1) is 42.1 Å². The van der Waals surface area contributed by atoms with Crippen LogP contribution in [0.1, 0.15) is 31.0 Å². The lowest BCUT2D eigenvalue weighted by atomic mass is 9.94. The molecule has 10 nitrogen and oxygen atoms in total. The Balaban J connectivity index is 1.49. The minimum Gasteiger partial charge on any atom is -0.497 e. The Morgan fingerprint density at radius 2 is 1.79 bits per heavy atom. The average molecular weight is 610 g/mol. The zero-order valence-corrected chi connectivity index (χ0v) is 24.9. The SMILES string of the molecule is CCOc1cc([C@H]2C(C(=O)Nc3cc(OC)ccc3OC)=C(C)Nc3ncnn32)ccc1OCc1ccc(Cl)c(Cl)c1. The van der Waals surface area contributed by atoms with Crippen LogP contribution in [-0.2, 0) is 11.4 Å². The van der Waals surface area contributed by atoms with E-state index < -0.39 is 6.04 Å². The standard InChI is InChI=1S/C30H29Cl2N5O5/c1-5-41-26-13-19(7-10-25(26)42-15-18-6-9-21(31)22(32)12-18)28-27(17(2)35-30-33-16-34-37(28)30)29(38)36-23-14-20(39-3)8-11-24(23)40-4/h6-14,16,28H,5,15H2,1-4H3,(H,36,38)(H,33,34,35)/t28-/m0/s1. The average Bonchev–Trinajstić information content (AvgIpc) is 3.45. The number of fused-ring (bicyclic) bond motifs is 1. The molecule has 42 heavy (non-hydrogen) atoms. The molecule has 1 atom stereocenters. The van der Waals surface area contributed by atoms with Crippen LogP contribution in [0.2, 0.25) is 10.0 Å². The lowest BCUT2D eigenvalue weighted by Gasteiger charge is -2.29. The smallest absolute Gasteiger partial charge is 0.255 e. The highest BCUT2D eigenvalue weighted by molar-refractivity contribution is 6.42. The third-order valence-electron chi connectivity index (χ3n) is 6.66. The Morgan fingerprint density at radius 3 is 2.52 bits per heavy atom. The summed E-state index contributed by atoms with van der Waals surface area (Å²) < 4.78 is 24.5. The second kappa shape index (κ2) is 12.6. The molecule has 0 bridgehead atoms. The number of nitrogens with zero attached hydrogens (tertiary/aromatic N) is 3. The Bertz CT molecular complexity index is 1660. The van der Waals surface area contributed by atoms with Crippen molar-refractivity contribution in [3.63, 3.8) is 0 Å². The van der Waals surface area contributed by atoms with Crippen LogP contribution in [0.4, 0.5) is 11.6 Å². The van der Waals surface area contributed by atoms with Gasteiger partial charge in [0.1, 0.15) is 30.5 Å². The molecule has 1 aliphatic heterocycles. The van der Waals surface area contributed by atoms with Crippen molar-refractivity contribution in [3.8, 4) is 23.0 Å². The number of benzene rings is 3. The monoisotopic (exact) mass is 609 g/mol. The first kappa shape index (κ1) is 29.1. The van der Waals surface area contributed by atoms with E-state index in [1.54, 1.807) is 42.1 Å². The van der Waals surface area contributed by atoms with Crippen molar-refractivity contribution in [2.45, 2.75) is 26.5 Å². The molecule has 2 heterocycles. The molecule has 0 fully saturated rings. The van der Waals surface area contributed by atoms with E-state index in [0.717, 1.165) is 11.1 Å². The van der Waals surface area contributed by atoms with Crippen molar-refractivity contribution in [1.29, 1.82) is 0 Å². The molecule has 1 aliphatic rings. The number of ether oxygens (including phenoxy) is 4. The Kier molecular flexibility index (Phi) is 8.75. The number of hydrogen-bond donors (Lipinski definition) is 2. The van der Waals surface area contributed by atoms with E-state index in [2.05, 4.69) is 20.7 Å². The molecule has 2 N–H and O–H groups in total. The molecule has 218 valence electrons. The molecule has 0 saturated heterocycles. The summed E-state index contributed by atoms with van der Waals surface area (Å²) in [6.07, 6.45) is 1.44. The first-order valence-corrected chi connectivity index (χ1v) is 13.8. The Labute approximate surface area is 253 Å². The molecule has 0 saturated carbocycles. The fraction of sp³-hybridized carbons (Fsp3) is 0.233. The number of halogens is 2. The molecule has 1 amide bonds. The molecule has 0 radical (unpaired) electrons. The summed E-state index contributed by atoms with van der Waals surface area (Å²) in [4.78, 5) is 18.2. The van der Waals surface area contributed by atoms with Crippen LogP contribution in [-0.4, -0.2) is 41.5 Å². The van der Waals surface area contributed by atoms with Gasteiger partial charge in [0.2, 0.25) is 5.95 Å². The summed E-state index contributed by atoms with van der Waals surface area (Å²) in [7, 11) is 3.09. The minimum atomic E-state index is -0.622. The fourth-order valence-corrected chi connectivity index (χ4v) is 4.99. The number of anilines is 2. The van der Waals surface area contributed by atoms with Crippen LogP contribution in [0.3, 0.4) is 0 Å². The van der Waals surface area contributed by atoms with Gasteiger partial charge in [-0.2, -0.15) is 10.1 Å². The van der Waals surface area contributed by atoms with Gasteiger partial charge in [0.25, 0.3) is 5.91 Å². The summed E-state index contributed by atoms with van der Waals surface area (Å²) in [5.41, 5.74) is 3.12. The van der Waals surface area contributed by atoms with E-state index in [4.69, 9.17) is 42.1 Å². The third kappa shape index (κ3) is 5.95. The maximum Gasteiger partial charge on any atom is 0.255 e. The predicted octanol–water partition coefficient (Wildman–Crippen LogP) is 6.51. The van der Waals surface area contributed by atoms with Gasteiger partial charge in [0.15, 0.2) is 11.5 Å². The summed E-state index contributed by atoms with van der Waals surface area (Å²) in [5.74, 6) is 2.27. The predicted molar refractivity (Wildman–Crippen MR) is 161 cm³/mol. The van der Waals surface area contributed by atoms with Crippen LogP contribution in [0.5, 0.6) is 23.0 Å². The quantitative estimate of drug-likeness (QED) is 0.209. The first-order chi connectivity index (χ1) is 20.3. The van der Waals surface area contributed by atoms with E-state index >= 15 is 0 Å². The maximum absolute atomic E-state index is 13.9. The van der Waals surface area contributed by atoms with Crippen molar-refractivity contribution in [1.82, 2.24) is 14.8 Å². The molecule has 0 aliphatic carbocycles. The first-order valence-electron chi connectivity index (χ1n) is 13.1. The molecule has 0 unspecified atom stereocenters. The highest BCUT2D eigenvalue weighted by atomic mass is 35.5. The highest BCUT2D eigenvalue weighted by Gasteiger charge is 2.34. The molecule has 0 spiro atoms. The maximum atomic E-state index is 13.9. The Hall–Kier alpha value is -4.41. The van der Waals surface area contributed by atoms with Crippen molar-refractivity contribution in [2.24, 2.45) is 0 Å². The number of allylic oxidation sites excluding steroid dienone is 1. The summed E-state index contributed by atoms with van der Waals surface area (Å²) in [6, 6.07) is 15.4. The number of amides is 1. The Morgan fingerprint density at radius 1 is 0.976 bits per heavy atom. The second-order valence-electron chi connectivity index (χ2n) is 9.29. The van der Waals surface area contributed by atoms with Crippen LogP contribution >= 0.6 is 23.2 Å². The highest BCUT2D eigenvalue weighted by Crippen LogP contribution is 2.40. The van der Waals surface area contributed by atoms with Gasteiger partial charge in [-0.15, -0.1) is 0 Å². The number of carbonyl (C=O) groups is 1. The van der Waals surface area contributed by atoms with Gasteiger partial charge in [-0.05, 0) is 61.4 Å². The van der Waals surface area contributed by atoms with E-state index in [9.17, 15) is 4.79 Å². The zero-order chi connectivity index (χ0) is 29.8. The second-order valence-corrected chi connectivity index (χ2v) is 10.1. The number of aromatic nitrogens is 3. The normalized spacial score (nSPS) is 14.1. The molecule has 4 aromatic rings. The fourth-order valence-electron chi connectivity index (χ4n) is 4.67. The van der Waals surface area contributed by atoms with Crippen molar-refractivity contribution in [3.05, 3.63) is 93.4 Å². The molecular formula is C30H29Cl2N5O5. The topological polar surface area (TPSA) is 109 Å². The van der Waals surface area contributed by atoms with Crippen LogP contribution < -0.4 is 29.6 Å². The van der Waals surface area contributed by atoms with Gasteiger partial charge in [0, 0.05) is 11.8 Å². The van der Waals surface area contributed by atoms with Crippen molar-refractivity contribution in [2.75, 3.05) is 31.5 Å². The minimum absolute atomic E-state index is 0.256. The van der Waals surface area contributed by atoms with Gasteiger partial charge >= 0.3 is 0 Å². The summed E-state index contributed by atoms with van der Waals surface area (Å²) in [5, 5.41) is 11.5. The van der Waals surface area contributed by atoms with Gasteiger partial charge in [-0.3, -0.25) is 4.79 Å². The number of hydrogen-bond acceptors (Lipinski definition) is 8. The zero-order valence-electron chi connectivity index (χ0n) is 23.4. The largest absolute Gasteiger partial charge is 0.497 e. The van der Waals surface area contributed by atoms with Crippen LogP contribution in [0.15, 0.2) is 72.2 Å². The molecular weight excluding hydrogens is 581 g/mol. The summed E-state index contributed by atoms with van der Waals surface area (Å²) >= 11 is 12.2. The third-order valence-corrected chi connectivity index (χ3v) is 7.39.